The summed E-state index contributed by atoms with van der Waals surface area (Å²) in [6, 6.07) is 5.27. The molecule has 15 nitrogen and oxygen atoms in total. The molecule has 0 aromatic heterocycles. The van der Waals surface area contributed by atoms with Crippen LogP contribution in [0.3, 0.4) is 0 Å². The number of aromatic hydroxyl groups is 1. The molecule has 3 saturated carbocycles. The number of aliphatic hydroxyl groups is 7. The standard InChI is InChI=1S/C46H66O15/c1-21(2)16-29-22(3)34-32(58-42(29)55)18-31-28-11-8-25-17-27(12-14-45(25,5)30(28)13-15-46(31,34)20-48)57-44-40(37(52)36(51)33(19-47)59-44)61-43-38(53)39(35(50)23(4)56-43)60-41(54)24-6-9-26(49)10-7-24/h6-10,16,22-23,27-40,42-44,47-53,55H,11-15,17-20H2,1-5H3/t22-,23-,27+,28+,29-,30-,31+,32-,33-,34+,35-,36-,37+,38+,39+,40-,42-,43+,44-,45-,46-/m0/s1. The molecule has 3 aliphatic heterocycles. The van der Waals surface area contributed by atoms with E-state index in [0.717, 1.165) is 37.7 Å². The van der Waals surface area contributed by atoms with Crippen molar-refractivity contribution >= 4 is 5.97 Å². The number of hydrogen-bond acceptors (Lipinski definition) is 15. The van der Waals surface area contributed by atoms with Crippen molar-refractivity contribution in [3.8, 4) is 5.75 Å². The average Bonchev–Trinajstić information content (AvgIpc) is 3.57. The van der Waals surface area contributed by atoms with Gasteiger partial charge < -0.3 is 69.3 Å². The summed E-state index contributed by atoms with van der Waals surface area (Å²) < 4.78 is 36.5. The van der Waals surface area contributed by atoms with Crippen LogP contribution in [0.25, 0.3) is 0 Å². The number of esters is 1. The van der Waals surface area contributed by atoms with Gasteiger partial charge >= 0.3 is 5.97 Å². The normalized spacial score (nSPS) is 48.1. The second-order valence-electron chi connectivity index (χ2n) is 19.6. The third-order valence-electron chi connectivity index (χ3n) is 16.1. The van der Waals surface area contributed by atoms with Gasteiger partial charge in [-0.15, -0.1) is 0 Å². The van der Waals surface area contributed by atoms with E-state index in [2.05, 4.69) is 26.0 Å². The number of fused-ring (bicyclic) bond motifs is 7. The van der Waals surface area contributed by atoms with Crippen molar-refractivity contribution < 1.29 is 74.1 Å². The van der Waals surface area contributed by atoms with Crippen LogP contribution in [-0.2, 0) is 28.4 Å². The Morgan fingerprint density at radius 2 is 1.61 bits per heavy atom. The van der Waals surface area contributed by atoms with Gasteiger partial charge in [0, 0.05) is 17.9 Å². The zero-order chi connectivity index (χ0) is 43.7. The van der Waals surface area contributed by atoms with E-state index in [9.17, 15) is 45.6 Å². The first-order valence-corrected chi connectivity index (χ1v) is 22.2. The van der Waals surface area contributed by atoms with E-state index in [-0.39, 0.29) is 64.6 Å². The fraction of sp³-hybridized carbons (Fsp3) is 0.761. The van der Waals surface area contributed by atoms with E-state index in [1.807, 2.05) is 13.8 Å². The van der Waals surface area contributed by atoms with E-state index in [4.69, 9.17) is 28.4 Å². The monoisotopic (exact) mass is 858 g/mol. The second-order valence-corrected chi connectivity index (χ2v) is 19.6. The van der Waals surface area contributed by atoms with E-state index in [1.165, 1.54) is 36.8 Å². The molecule has 0 bridgehead atoms. The fourth-order valence-electron chi connectivity index (χ4n) is 13.0. The van der Waals surface area contributed by atoms with Crippen molar-refractivity contribution in [3.63, 3.8) is 0 Å². The molecule has 340 valence electrons. The first-order chi connectivity index (χ1) is 29.0. The van der Waals surface area contributed by atoms with E-state index in [0.29, 0.717) is 24.7 Å². The minimum atomic E-state index is -1.74. The first kappa shape index (κ1) is 45.1. The fourth-order valence-corrected chi connectivity index (χ4v) is 13.0. The molecule has 0 amide bonds. The average molecular weight is 859 g/mol. The molecule has 4 aliphatic carbocycles. The Labute approximate surface area is 357 Å². The van der Waals surface area contributed by atoms with Crippen LogP contribution in [0.4, 0.5) is 0 Å². The molecule has 1 aromatic carbocycles. The summed E-state index contributed by atoms with van der Waals surface area (Å²) in [4.78, 5) is 13.0. The number of allylic oxidation sites excluding steroid dienone is 2. The number of benzene rings is 1. The predicted molar refractivity (Wildman–Crippen MR) is 216 cm³/mol. The van der Waals surface area contributed by atoms with Gasteiger partial charge in [0.2, 0.25) is 0 Å². The largest absolute Gasteiger partial charge is 0.508 e. The Bertz CT molecular complexity index is 1780. The highest BCUT2D eigenvalue weighted by Gasteiger charge is 2.66. The molecule has 8 N–H and O–H groups in total. The number of aliphatic hydroxyl groups excluding tert-OH is 7. The number of phenolic OH excluding ortho intramolecular Hbond substituents is 1. The molecule has 61 heavy (non-hydrogen) atoms. The van der Waals surface area contributed by atoms with Gasteiger partial charge in [-0.3, -0.25) is 0 Å². The summed E-state index contributed by atoms with van der Waals surface area (Å²) >= 11 is 0. The third kappa shape index (κ3) is 7.92. The van der Waals surface area contributed by atoms with Crippen molar-refractivity contribution in [3.05, 3.63) is 53.1 Å². The van der Waals surface area contributed by atoms with Crippen LogP contribution in [0.15, 0.2) is 47.6 Å². The Balaban J connectivity index is 0.975. The topological polar surface area (TPSA) is 234 Å². The highest BCUT2D eigenvalue weighted by Crippen LogP contribution is 2.69. The second kappa shape index (κ2) is 17.5. The summed E-state index contributed by atoms with van der Waals surface area (Å²) in [5, 5.41) is 86.7. The number of hydrogen-bond donors (Lipinski definition) is 8. The smallest absolute Gasteiger partial charge is 0.338 e. The quantitative estimate of drug-likeness (QED) is 0.132. The van der Waals surface area contributed by atoms with Gasteiger partial charge in [0.25, 0.3) is 0 Å². The highest BCUT2D eigenvalue weighted by molar-refractivity contribution is 5.89. The van der Waals surface area contributed by atoms with E-state index >= 15 is 0 Å². The lowest BCUT2D eigenvalue weighted by atomic mass is 9.46. The number of rotatable bonds is 9. The van der Waals surface area contributed by atoms with Crippen molar-refractivity contribution in [2.75, 3.05) is 13.2 Å². The van der Waals surface area contributed by atoms with Crippen molar-refractivity contribution in [2.24, 2.45) is 46.3 Å². The summed E-state index contributed by atoms with van der Waals surface area (Å²) in [6.45, 7) is 9.65. The summed E-state index contributed by atoms with van der Waals surface area (Å²) in [5.41, 5.74) is 2.09. The first-order valence-electron chi connectivity index (χ1n) is 22.2. The lowest BCUT2D eigenvalue weighted by Gasteiger charge is -2.59. The summed E-state index contributed by atoms with van der Waals surface area (Å²) in [5.74, 6) is 0.237. The van der Waals surface area contributed by atoms with Gasteiger partial charge in [0.15, 0.2) is 25.0 Å². The molecule has 7 aliphatic rings. The lowest BCUT2D eigenvalue weighted by molar-refractivity contribution is -0.369. The minimum absolute atomic E-state index is 0.0611. The highest BCUT2D eigenvalue weighted by atomic mass is 16.8. The van der Waals surface area contributed by atoms with Gasteiger partial charge in [-0.1, -0.05) is 37.1 Å². The van der Waals surface area contributed by atoms with Crippen LogP contribution in [-0.4, -0.2) is 140 Å². The Kier molecular flexibility index (Phi) is 12.9. The SMILES string of the molecule is CC(C)=C[C@H]1[C@H](C)[C@@H]2[C@H](C[C@@H]3[C@@H]4CC=C5C[C@H](O[C@H]6O[C@@H](CO)[C@H](O)[C@@H](O)[C@@H]6O[C@H]6O[C@@H](C)[C@H](O)[C@@H](OC(=O)c7ccc(O)cc7)[C@H]6O)CC[C@]5(C)[C@H]4CC[C@@]23CO)O[C@@H]1O. The van der Waals surface area contributed by atoms with Crippen LogP contribution in [0, 0.1) is 46.3 Å². The summed E-state index contributed by atoms with van der Waals surface area (Å²) in [7, 11) is 0. The van der Waals surface area contributed by atoms with Gasteiger partial charge in [-0.25, -0.2) is 4.79 Å². The molecule has 8 rings (SSSR count). The zero-order valence-electron chi connectivity index (χ0n) is 35.7. The van der Waals surface area contributed by atoms with E-state index in [1.54, 1.807) is 0 Å². The number of carbonyl (C=O) groups excluding carboxylic acids is 1. The molecule has 3 saturated heterocycles. The molecular formula is C46H66O15. The maximum Gasteiger partial charge on any atom is 0.338 e. The summed E-state index contributed by atoms with van der Waals surface area (Å²) in [6.07, 6.45) is -5.77. The van der Waals surface area contributed by atoms with Gasteiger partial charge in [0.05, 0.1) is 30.5 Å². The van der Waals surface area contributed by atoms with Crippen LogP contribution in [0.2, 0.25) is 0 Å². The van der Waals surface area contributed by atoms with Crippen molar-refractivity contribution in [2.45, 2.75) is 159 Å². The van der Waals surface area contributed by atoms with Crippen LogP contribution in [0.5, 0.6) is 5.75 Å². The third-order valence-corrected chi connectivity index (χ3v) is 16.1. The zero-order valence-corrected chi connectivity index (χ0v) is 35.7. The molecule has 15 heteroatoms. The molecular weight excluding hydrogens is 792 g/mol. The van der Waals surface area contributed by atoms with Crippen molar-refractivity contribution in [1.82, 2.24) is 0 Å². The maximum absolute atomic E-state index is 13.0. The van der Waals surface area contributed by atoms with Gasteiger partial charge in [0.1, 0.15) is 42.4 Å². The number of carbonyl (C=O) groups is 1. The van der Waals surface area contributed by atoms with E-state index < -0.39 is 80.3 Å². The molecule has 6 fully saturated rings. The molecule has 1 aromatic rings. The molecule has 0 spiro atoms. The van der Waals surface area contributed by atoms with Gasteiger partial charge in [-0.05, 0) is 125 Å². The Morgan fingerprint density at radius 3 is 2.30 bits per heavy atom. The Morgan fingerprint density at radius 1 is 0.869 bits per heavy atom. The minimum Gasteiger partial charge on any atom is -0.508 e. The van der Waals surface area contributed by atoms with Crippen LogP contribution >= 0.6 is 0 Å². The van der Waals surface area contributed by atoms with Crippen molar-refractivity contribution in [1.29, 1.82) is 0 Å². The maximum atomic E-state index is 13.0. The van der Waals surface area contributed by atoms with Crippen LogP contribution < -0.4 is 0 Å². The predicted octanol–water partition coefficient (Wildman–Crippen LogP) is 2.69. The van der Waals surface area contributed by atoms with Gasteiger partial charge in [-0.2, -0.15) is 0 Å². The lowest BCUT2D eigenvalue weighted by Crippen LogP contribution is -2.65. The Hall–Kier alpha value is -2.51. The number of ether oxygens (including phenoxy) is 6. The van der Waals surface area contributed by atoms with Crippen LogP contribution in [0.1, 0.15) is 89.9 Å². The molecule has 3 heterocycles. The molecule has 0 unspecified atom stereocenters. The number of phenols is 1. The molecule has 0 radical (unpaired) electrons. The molecule has 21 atom stereocenters.